The van der Waals surface area contributed by atoms with Crippen LogP contribution >= 0.6 is 0 Å². The molecule has 1 saturated heterocycles. The number of carbonyl (C=O) groups is 1. The second-order valence-corrected chi connectivity index (χ2v) is 8.27. The van der Waals surface area contributed by atoms with E-state index in [1.807, 2.05) is 12.1 Å². The van der Waals surface area contributed by atoms with Crippen molar-refractivity contribution in [2.75, 3.05) is 32.8 Å². The van der Waals surface area contributed by atoms with Crippen LogP contribution in [0.4, 0.5) is 4.79 Å². The van der Waals surface area contributed by atoms with Crippen molar-refractivity contribution in [1.29, 1.82) is 0 Å². The Morgan fingerprint density at radius 3 is 2.21 bits per heavy atom. The van der Waals surface area contributed by atoms with Crippen LogP contribution in [-0.2, 0) is 21.2 Å². The lowest BCUT2D eigenvalue weighted by atomic mass is 10.0. The molecule has 24 heavy (non-hydrogen) atoms. The largest absolute Gasteiger partial charge is 0.450 e. The van der Waals surface area contributed by atoms with E-state index in [1.165, 1.54) is 4.31 Å². The summed E-state index contributed by atoms with van der Waals surface area (Å²) in [5.41, 5.74) is 1.14. The molecule has 2 rings (SSSR count). The fraction of sp³-hybridized carbons (Fsp3) is 0.588. The van der Waals surface area contributed by atoms with Gasteiger partial charge < -0.3 is 9.64 Å². The molecule has 134 valence electrons. The van der Waals surface area contributed by atoms with Gasteiger partial charge in [-0.3, -0.25) is 0 Å². The second-order valence-electron chi connectivity index (χ2n) is 6.33. The Hall–Kier alpha value is -1.60. The van der Waals surface area contributed by atoms with Gasteiger partial charge in [-0.25, -0.2) is 13.2 Å². The SMILES string of the molecule is CCOC(=O)N1CCN(S(=O)(=O)c2ccc(CC(C)C)cc2)CC1. The molecule has 0 N–H and O–H groups in total. The fourth-order valence-corrected chi connectivity index (χ4v) is 4.17. The van der Waals surface area contributed by atoms with Gasteiger partial charge in [0.2, 0.25) is 10.0 Å². The van der Waals surface area contributed by atoms with Crippen molar-refractivity contribution in [3.8, 4) is 0 Å². The lowest BCUT2D eigenvalue weighted by molar-refractivity contribution is 0.0934. The number of carbonyl (C=O) groups excluding carboxylic acids is 1. The first kappa shape index (κ1) is 18.7. The molecule has 1 aromatic carbocycles. The average molecular weight is 354 g/mol. The van der Waals surface area contributed by atoms with Crippen molar-refractivity contribution in [2.45, 2.75) is 32.1 Å². The van der Waals surface area contributed by atoms with Crippen molar-refractivity contribution in [3.05, 3.63) is 29.8 Å². The summed E-state index contributed by atoms with van der Waals surface area (Å²) in [6.45, 7) is 7.61. The third kappa shape index (κ3) is 4.48. The molecule has 1 aliphatic rings. The Bertz CT molecular complexity index is 648. The summed E-state index contributed by atoms with van der Waals surface area (Å²) >= 11 is 0. The van der Waals surface area contributed by atoms with Crippen LogP contribution in [0.15, 0.2) is 29.2 Å². The second kappa shape index (κ2) is 7.98. The molecule has 0 spiro atoms. The fourth-order valence-electron chi connectivity index (χ4n) is 2.74. The van der Waals surface area contributed by atoms with Gasteiger partial charge in [-0.2, -0.15) is 4.31 Å². The molecule has 1 aliphatic heterocycles. The molecule has 1 aromatic rings. The standard InChI is InChI=1S/C17H26N2O4S/c1-4-23-17(20)18-9-11-19(12-10-18)24(21,22)16-7-5-15(6-8-16)13-14(2)3/h5-8,14H,4,9-13H2,1-3H3. The Labute approximate surface area is 144 Å². The van der Waals surface area contributed by atoms with Gasteiger partial charge in [-0.05, 0) is 37.0 Å². The molecular formula is C17H26N2O4S. The third-order valence-electron chi connectivity index (χ3n) is 3.97. The van der Waals surface area contributed by atoms with E-state index in [2.05, 4.69) is 13.8 Å². The minimum absolute atomic E-state index is 0.287. The maximum Gasteiger partial charge on any atom is 0.409 e. The Balaban J connectivity index is 2.02. The van der Waals surface area contributed by atoms with Crippen molar-refractivity contribution in [3.63, 3.8) is 0 Å². The Morgan fingerprint density at radius 2 is 1.71 bits per heavy atom. The van der Waals surface area contributed by atoms with Crippen molar-refractivity contribution in [1.82, 2.24) is 9.21 Å². The number of ether oxygens (including phenoxy) is 1. The molecule has 0 saturated carbocycles. The van der Waals surface area contributed by atoms with Crippen LogP contribution < -0.4 is 0 Å². The van der Waals surface area contributed by atoms with Crippen LogP contribution in [-0.4, -0.2) is 56.5 Å². The summed E-state index contributed by atoms with van der Waals surface area (Å²) in [6, 6.07) is 7.10. The molecule has 1 heterocycles. The quantitative estimate of drug-likeness (QED) is 0.814. The molecular weight excluding hydrogens is 328 g/mol. The molecule has 0 aliphatic carbocycles. The zero-order valence-electron chi connectivity index (χ0n) is 14.6. The summed E-state index contributed by atoms with van der Waals surface area (Å²) in [6.07, 6.45) is 0.547. The van der Waals surface area contributed by atoms with E-state index in [0.29, 0.717) is 30.5 Å². The van der Waals surface area contributed by atoms with Gasteiger partial charge in [0.25, 0.3) is 0 Å². The van der Waals surface area contributed by atoms with E-state index in [1.54, 1.807) is 24.0 Å². The van der Waals surface area contributed by atoms with Crippen LogP contribution in [0, 0.1) is 5.92 Å². The third-order valence-corrected chi connectivity index (χ3v) is 5.88. The van der Waals surface area contributed by atoms with Gasteiger partial charge in [0, 0.05) is 26.2 Å². The van der Waals surface area contributed by atoms with Gasteiger partial charge in [0.1, 0.15) is 0 Å². The average Bonchev–Trinajstić information content (AvgIpc) is 2.55. The normalized spacial score (nSPS) is 16.4. The van der Waals surface area contributed by atoms with E-state index < -0.39 is 10.0 Å². The van der Waals surface area contributed by atoms with Crippen LogP contribution in [0.1, 0.15) is 26.3 Å². The van der Waals surface area contributed by atoms with Crippen molar-refractivity contribution < 1.29 is 17.9 Å². The van der Waals surface area contributed by atoms with Gasteiger partial charge in [0.15, 0.2) is 0 Å². The summed E-state index contributed by atoms with van der Waals surface area (Å²) < 4.78 is 31.8. The van der Waals surface area contributed by atoms with E-state index >= 15 is 0 Å². The summed E-state index contributed by atoms with van der Waals surface area (Å²) in [5.74, 6) is 0.531. The number of piperazine rings is 1. The zero-order chi connectivity index (χ0) is 17.7. The van der Waals surface area contributed by atoms with Gasteiger partial charge in [0.05, 0.1) is 11.5 Å². The number of sulfonamides is 1. The van der Waals surface area contributed by atoms with E-state index in [4.69, 9.17) is 4.74 Å². The first-order valence-electron chi connectivity index (χ1n) is 8.35. The lowest BCUT2D eigenvalue weighted by Gasteiger charge is -2.33. The Kier molecular flexibility index (Phi) is 6.23. The summed E-state index contributed by atoms with van der Waals surface area (Å²) in [7, 11) is -3.51. The van der Waals surface area contributed by atoms with Crippen molar-refractivity contribution in [2.24, 2.45) is 5.92 Å². The number of benzene rings is 1. The first-order chi connectivity index (χ1) is 11.3. The van der Waals surface area contributed by atoms with Gasteiger partial charge in [-0.15, -0.1) is 0 Å². The number of hydrogen-bond acceptors (Lipinski definition) is 4. The maximum absolute atomic E-state index is 12.7. The molecule has 0 radical (unpaired) electrons. The van der Waals surface area contributed by atoms with Crippen LogP contribution in [0.25, 0.3) is 0 Å². The van der Waals surface area contributed by atoms with E-state index in [0.717, 1.165) is 12.0 Å². The van der Waals surface area contributed by atoms with E-state index in [9.17, 15) is 13.2 Å². The number of nitrogens with zero attached hydrogens (tertiary/aromatic N) is 2. The molecule has 7 heteroatoms. The summed E-state index contributed by atoms with van der Waals surface area (Å²) in [5, 5.41) is 0. The molecule has 1 fully saturated rings. The van der Waals surface area contributed by atoms with Crippen LogP contribution in [0.2, 0.25) is 0 Å². The highest BCUT2D eigenvalue weighted by Gasteiger charge is 2.30. The zero-order valence-corrected chi connectivity index (χ0v) is 15.4. The summed E-state index contributed by atoms with van der Waals surface area (Å²) in [4.78, 5) is 13.5. The number of rotatable bonds is 5. The molecule has 0 unspecified atom stereocenters. The molecule has 0 atom stereocenters. The number of amides is 1. The number of hydrogen-bond donors (Lipinski definition) is 0. The Morgan fingerprint density at radius 1 is 1.12 bits per heavy atom. The maximum atomic E-state index is 12.7. The highest BCUT2D eigenvalue weighted by atomic mass is 32.2. The van der Waals surface area contributed by atoms with Crippen LogP contribution in [0.3, 0.4) is 0 Å². The minimum atomic E-state index is -3.51. The minimum Gasteiger partial charge on any atom is -0.450 e. The first-order valence-corrected chi connectivity index (χ1v) is 9.79. The lowest BCUT2D eigenvalue weighted by Crippen LogP contribution is -2.50. The molecule has 0 bridgehead atoms. The molecule has 0 aromatic heterocycles. The predicted octanol–water partition coefficient (Wildman–Crippen LogP) is 2.35. The molecule has 6 nitrogen and oxygen atoms in total. The highest BCUT2D eigenvalue weighted by molar-refractivity contribution is 7.89. The van der Waals surface area contributed by atoms with Crippen LogP contribution in [0.5, 0.6) is 0 Å². The monoisotopic (exact) mass is 354 g/mol. The topological polar surface area (TPSA) is 66.9 Å². The van der Waals surface area contributed by atoms with Crippen molar-refractivity contribution >= 4 is 16.1 Å². The van der Waals surface area contributed by atoms with E-state index in [-0.39, 0.29) is 19.2 Å². The highest BCUT2D eigenvalue weighted by Crippen LogP contribution is 2.19. The smallest absolute Gasteiger partial charge is 0.409 e. The predicted molar refractivity (Wildman–Crippen MR) is 92.3 cm³/mol. The van der Waals surface area contributed by atoms with Gasteiger partial charge >= 0.3 is 6.09 Å². The van der Waals surface area contributed by atoms with Gasteiger partial charge in [-0.1, -0.05) is 26.0 Å². The molecule has 1 amide bonds.